The van der Waals surface area contributed by atoms with Crippen LogP contribution in [0.5, 0.6) is 0 Å². The Labute approximate surface area is 459 Å². The third-order valence-corrected chi connectivity index (χ3v) is 24.0. The molecule has 12 unspecified atom stereocenters. The molecule has 12 aliphatic rings. The minimum absolute atomic E-state index is 0.0700. The van der Waals surface area contributed by atoms with Crippen LogP contribution < -0.4 is 31.9 Å². The van der Waals surface area contributed by atoms with Crippen LogP contribution in [0.25, 0.3) is 0 Å². The van der Waals surface area contributed by atoms with Crippen LogP contribution >= 0.6 is 0 Å². The number of hydrogen-bond donors (Lipinski definition) is 6. The Bertz CT molecular complexity index is 3600. The molecule has 6 N–H and O–H groups in total. The summed E-state index contributed by atoms with van der Waals surface area (Å²) in [5, 5.41) is 25.7. The average molecular weight is 1040 g/mol. The Kier molecular flexibility index (Phi) is 8.79. The predicted molar refractivity (Wildman–Crippen MR) is 313 cm³/mol. The first-order chi connectivity index (χ1) is 38.0. The molecule has 12 aliphatic heterocycles. The standard InChI is InChI=1S/C66H74N12/c1-73-33-27-61(39-15-7-9-25-49(39)67-55(61)73)41-17-11-18-42-51(41)69-56-62(42,28-34-74(56)2)43-19-12-20-44-52(43)70-57-63(44,29-35-75(57)3)45-21-13-22-46-53(45)71-58-64(46,30-36-76(58)4)47-23-14-24-48-54(47)72-60-66(48,32-38-78(60)6)65-31-37-77(5)59(65)68-50-26-10-8-16-40(50)65/h7-26,55-60,67-72H,27-38H2,1-6H3. The highest BCUT2D eigenvalue weighted by Gasteiger charge is 2.72. The van der Waals surface area contributed by atoms with Gasteiger partial charge >= 0.3 is 0 Å². The van der Waals surface area contributed by atoms with Crippen molar-refractivity contribution in [1.82, 2.24) is 29.4 Å². The molecule has 398 valence electrons. The van der Waals surface area contributed by atoms with Crippen LogP contribution in [0.1, 0.15) is 94.2 Å². The monoisotopic (exact) mass is 1030 g/mol. The van der Waals surface area contributed by atoms with Gasteiger partial charge in [0.1, 0.15) is 0 Å². The van der Waals surface area contributed by atoms with Crippen LogP contribution in [0.15, 0.2) is 121 Å². The Balaban J connectivity index is 0.795. The zero-order valence-corrected chi connectivity index (χ0v) is 46.2. The molecule has 12 heteroatoms. The average Bonchev–Trinajstić information content (AvgIpc) is 2.39. The molecule has 12 nitrogen and oxygen atoms in total. The van der Waals surface area contributed by atoms with E-state index in [1.165, 1.54) is 89.8 Å². The molecule has 0 saturated carbocycles. The molecule has 0 bridgehead atoms. The summed E-state index contributed by atoms with van der Waals surface area (Å²) in [6.07, 6.45) is 7.53. The lowest BCUT2D eigenvalue weighted by molar-refractivity contribution is 0.147. The number of nitrogens with one attached hydrogen (secondary N) is 6. The highest BCUT2D eigenvalue weighted by molar-refractivity contribution is 5.85. The summed E-state index contributed by atoms with van der Waals surface area (Å²) in [6.45, 7) is 6.32. The van der Waals surface area contributed by atoms with Crippen molar-refractivity contribution in [3.8, 4) is 0 Å². The second kappa shape index (κ2) is 15.0. The molecule has 6 fully saturated rings. The number of anilines is 6. The third kappa shape index (κ3) is 4.87. The second-order valence-corrected chi connectivity index (χ2v) is 26.5. The van der Waals surface area contributed by atoms with Crippen LogP contribution in [-0.4, -0.2) is 148 Å². The van der Waals surface area contributed by atoms with Gasteiger partial charge in [0.25, 0.3) is 0 Å². The van der Waals surface area contributed by atoms with E-state index < -0.39 is 0 Å². The Morgan fingerprint density at radius 2 is 0.526 bits per heavy atom. The summed E-state index contributed by atoms with van der Waals surface area (Å²) in [6, 6.07) is 48.2. The van der Waals surface area contributed by atoms with Gasteiger partial charge in [-0.2, -0.15) is 0 Å². The molecule has 0 spiro atoms. The van der Waals surface area contributed by atoms with Gasteiger partial charge in [0, 0.05) is 84.2 Å². The lowest BCUT2D eigenvalue weighted by Crippen LogP contribution is -2.60. The van der Waals surface area contributed by atoms with Gasteiger partial charge in [0.2, 0.25) is 0 Å². The van der Waals surface area contributed by atoms with Gasteiger partial charge in [0.15, 0.2) is 0 Å². The molecular formula is C66H74N12. The molecule has 0 aromatic heterocycles. The van der Waals surface area contributed by atoms with Crippen molar-refractivity contribution in [3.63, 3.8) is 0 Å². The van der Waals surface area contributed by atoms with E-state index in [1.54, 1.807) is 0 Å². The zero-order valence-electron chi connectivity index (χ0n) is 46.2. The first-order valence-electron chi connectivity index (χ1n) is 29.6. The van der Waals surface area contributed by atoms with Crippen molar-refractivity contribution < 1.29 is 0 Å². The highest BCUT2D eigenvalue weighted by Crippen LogP contribution is 2.70. The topological polar surface area (TPSA) is 91.6 Å². The number of fused-ring (bicyclic) bond motifs is 19. The number of nitrogens with zero attached hydrogens (tertiary/aromatic N) is 6. The fourth-order valence-electron chi connectivity index (χ4n) is 20.8. The molecule has 78 heavy (non-hydrogen) atoms. The number of benzene rings is 6. The fraction of sp³-hybridized carbons (Fsp3) is 0.455. The summed E-state index contributed by atoms with van der Waals surface area (Å²) >= 11 is 0. The smallest absolute Gasteiger partial charge is 0.0933 e. The van der Waals surface area contributed by atoms with Gasteiger partial charge in [-0.25, -0.2) is 0 Å². The van der Waals surface area contributed by atoms with Gasteiger partial charge in [-0.15, -0.1) is 0 Å². The molecular weight excluding hydrogens is 961 g/mol. The maximum absolute atomic E-state index is 4.44. The maximum Gasteiger partial charge on any atom is 0.0933 e. The molecule has 0 amide bonds. The first kappa shape index (κ1) is 45.7. The van der Waals surface area contributed by atoms with Crippen molar-refractivity contribution in [2.75, 3.05) is 113 Å². The Hall–Kier alpha value is -6.12. The molecule has 6 aromatic rings. The summed E-state index contributed by atoms with van der Waals surface area (Å²) in [4.78, 5) is 15.7. The first-order valence-corrected chi connectivity index (χ1v) is 29.6. The van der Waals surface area contributed by atoms with E-state index in [0.29, 0.717) is 0 Å². The largest absolute Gasteiger partial charge is 0.369 e. The molecule has 18 rings (SSSR count). The fourth-order valence-corrected chi connectivity index (χ4v) is 20.8. The number of likely N-dealkylation sites (N-methyl/N-ethyl adjacent to an activating group) is 6. The number of rotatable bonds is 5. The maximum atomic E-state index is 4.44. The SMILES string of the molecule is CN1CCC2(c3cccc4c3NC3N(C)CCC43c3cccc4c3NC3N(C)CCC43c3cccc4c3NC3N(C)CCC43c3cccc4c3NC3N(C)CCC43C34CCN(C)C3Nc3ccccc34)c3ccccc3NC12. The van der Waals surface area contributed by atoms with E-state index >= 15 is 0 Å². The minimum Gasteiger partial charge on any atom is -0.369 e. The lowest BCUT2D eigenvalue weighted by atomic mass is 9.54. The van der Waals surface area contributed by atoms with Gasteiger partial charge in [-0.3, -0.25) is 29.4 Å². The molecule has 6 saturated heterocycles. The summed E-state index contributed by atoms with van der Waals surface area (Å²) in [7, 11) is 14.1. The van der Waals surface area contributed by atoms with Crippen LogP contribution in [0, 0.1) is 0 Å². The van der Waals surface area contributed by atoms with Crippen molar-refractivity contribution >= 4 is 34.1 Å². The van der Waals surface area contributed by atoms with Crippen LogP contribution in [-0.2, 0) is 32.5 Å². The van der Waals surface area contributed by atoms with Crippen molar-refractivity contribution in [2.45, 2.75) is 108 Å². The zero-order chi connectivity index (χ0) is 52.0. The molecule has 12 heterocycles. The van der Waals surface area contributed by atoms with E-state index in [4.69, 9.17) is 0 Å². The van der Waals surface area contributed by atoms with Crippen LogP contribution in [0.3, 0.4) is 0 Å². The summed E-state index contributed by atoms with van der Waals surface area (Å²) < 4.78 is 0. The van der Waals surface area contributed by atoms with Crippen molar-refractivity contribution in [2.24, 2.45) is 0 Å². The quantitative estimate of drug-likeness (QED) is 0.100. The molecule has 6 aromatic carbocycles. The van der Waals surface area contributed by atoms with E-state index in [1.807, 2.05) is 0 Å². The van der Waals surface area contributed by atoms with E-state index in [2.05, 4.69) is 225 Å². The van der Waals surface area contributed by atoms with E-state index in [-0.39, 0.29) is 69.5 Å². The number of likely N-dealkylation sites (tertiary alicyclic amines) is 6. The normalized spacial score (nSPS) is 38.1. The van der Waals surface area contributed by atoms with Gasteiger partial charge in [0.05, 0.1) is 58.7 Å². The molecule has 0 radical (unpaired) electrons. The van der Waals surface area contributed by atoms with Gasteiger partial charge in [-0.05, 0) is 149 Å². The van der Waals surface area contributed by atoms with Gasteiger partial charge < -0.3 is 31.9 Å². The number of hydrogen-bond acceptors (Lipinski definition) is 12. The molecule has 0 aliphatic carbocycles. The second-order valence-electron chi connectivity index (χ2n) is 26.5. The summed E-state index contributed by atoms with van der Waals surface area (Å²) in [5.41, 5.74) is 21.6. The van der Waals surface area contributed by atoms with Crippen molar-refractivity contribution in [3.05, 3.63) is 177 Å². The van der Waals surface area contributed by atoms with Crippen LogP contribution in [0.4, 0.5) is 34.1 Å². The molecule has 12 atom stereocenters. The Morgan fingerprint density at radius 3 is 0.962 bits per heavy atom. The van der Waals surface area contributed by atoms with E-state index in [0.717, 1.165) is 77.8 Å². The highest BCUT2D eigenvalue weighted by atomic mass is 15.4. The minimum atomic E-state index is -0.268. The van der Waals surface area contributed by atoms with Gasteiger partial charge in [-0.1, -0.05) is 109 Å². The summed E-state index contributed by atoms with van der Waals surface area (Å²) in [5.74, 6) is 0. The van der Waals surface area contributed by atoms with Crippen molar-refractivity contribution in [1.29, 1.82) is 0 Å². The van der Waals surface area contributed by atoms with Crippen LogP contribution in [0.2, 0.25) is 0 Å². The Morgan fingerprint density at radius 1 is 0.269 bits per heavy atom. The van der Waals surface area contributed by atoms with E-state index in [9.17, 15) is 0 Å². The number of para-hydroxylation sites is 6. The predicted octanol–water partition coefficient (Wildman–Crippen LogP) is 8.53. The lowest BCUT2D eigenvalue weighted by Gasteiger charge is -2.48. The third-order valence-electron chi connectivity index (χ3n) is 24.0.